The topological polar surface area (TPSA) is 21.3 Å². The van der Waals surface area contributed by atoms with Crippen molar-refractivity contribution in [1.29, 1.82) is 0 Å². The minimum Gasteiger partial charge on any atom is -0.496 e. The number of nitrogens with one attached hydrogen (secondary N) is 1. The molecule has 1 atom stereocenters. The molecule has 0 aliphatic rings. The zero-order chi connectivity index (χ0) is 15.4. The Morgan fingerprint density at radius 2 is 2.05 bits per heavy atom. The molecule has 2 rings (SSSR count). The van der Waals surface area contributed by atoms with Gasteiger partial charge in [0.25, 0.3) is 0 Å². The fourth-order valence-corrected chi connectivity index (χ4v) is 4.00. The third kappa shape index (κ3) is 4.13. The minimum atomic E-state index is 0.127. The highest BCUT2D eigenvalue weighted by Gasteiger charge is 2.19. The van der Waals surface area contributed by atoms with Crippen LogP contribution in [0.2, 0.25) is 8.67 Å². The molecule has 0 saturated heterocycles. The van der Waals surface area contributed by atoms with E-state index in [2.05, 4.69) is 31.3 Å². The largest absolute Gasteiger partial charge is 0.496 e. The molecule has 0 radical (unpaired) electrons. The fourth-order valence-electron chi connectivity index (χ4n) is 2.42. The molecular formula is C16H19Cl2NOS. The quantitative estimate of drug-likeness (QED) is 0.771. The third-order valence-electron chi connectivity index (χ3n) is 3.37. The van der Waals surface area contributed by atoms with Gasteiger partial charge in [-0.3, -0.25) is 0 Å². The van der Waals surface area contributed by atoms with Gasteiger partial charge in [0.1, 0.15) is 5.75 Å². The molecule has 0 aliphatic carbocycles. The number of ether oxygens (including phenoxy) is 1. The van der Waals surface area contributed by atoms with Crippen molar-refractivity contribution < 1.29 is 4.74 Å². The van der Waals surface area contributed by atoms with E-state index in [-0.39, 0.29) is 6.04 Å². The summed E-state index contributed by atoms with van der Waals surface area (Å²) in [5, 5.41) is 3.48. The van der Waals surface area contributed by atoms with Gasteiger partial charge in [0.15, 0.2) is 0 Å². The van der Waals surface area contributed by atoms with E-state index in [1.165, 1.54) is 22.5 Å². The van der Waals surface area contributed by atoms with Crippen molar-refractivity contribution in [3.63, 3.8) is 0 Å². The van der Waals surface area contributed by atoms with Crippen LogP contribution in [0.25, 0.3) is 0 Å². The van der Waals surface area contributed by atoms with Crippen molar-refractivity contribution in [3.05, 3.63) is 49.6 Å². The molecule has 114 valence electrons. The molecule has 0 fully saturated rings. The van der Waals surface area contributed by atoms with Crippen LogP contribution < -0.4 is 10.1 Å². The van der Waals surface area contributed by atoms with Gasteiger partial charge in [-0.2, -0.15) is 0 Å². The van der Waals surface area contributed by atoms with Gasteiger partial charge in [-0.15, -0.1) is 11.3 Å². The predicted molar refractivity (Wildman–Crippen MR) is 92.2 cm³/mol. The zero-order valence-electron chi connectivity index (χ0n) is 12.4. The van der Waals surface area contributed by atoms with Crippen molar-refractivity contribution in [2.75, 3.05) is 13.7 Å². The van der Waals surface area contributed by atoms with E-state index in [9.17, 15) is 0 Å². The number of methoxy groups -OCH3 is 1. The SMILES string of the molecule is CCNC(Cc1cc(C)ccc1OC)c1cc(Cl)sc1Cl. The molecule has 1 heterocycles. The summed E-state index contributed by atoms with van der Waals surface area (Å²) in [6, 6.07) is 8.30. The molecule has 1 aromatic carbocycles. The summed E-state index contributed by atoms with van der Waals surface area (Å²) in [5.41, 5.74) is 3.44. The van der Waals surface area contributed by atoms with Gasteiger partial charge in [0.05, 0.1) is 15.8 Å². The second kappa shape index (κ2) is 7.50. The van der Waals surface area contributed by atoms with Crippen molar-refractivity contribution in [2.24, 2.45) is 0 Å². The first-order valence-corrected chi connectivity index (χ1v) is 8.44. The molecule has 1 unspecified atom stereocenters. The molecule has 0 amide bonds. The molecule has 21 heavy (non-hydrogen) atoms. The molecule has 2 aromatic rings. The van der Waals surface area contributed by atoms with E-state index < -0.39 is 0 Å². The van der Waals surface area contributed by atoms with Gasteiger partial charge in [0, 0.05) is 11.6 Å². The average molecular weight is 344 g/mol. The van der Waals surface area contributed by atoms with Crippen LogP contribution in [0.5, 0.6) is 5.75 Å². The van der Waals surface area contributed by atoms with Crippen molar-refractivity contribution >= 4 is 34.5 Å². The van der Waals surface area contributed by atoms with Crippen LogP contribution in [0.1, 0.15) is 29.7 Å². The van der Waals surface area contributed by atoms with Gasteiger partial charge < -0.3 is 10.1 Å². The molecule has 2 nitrogen and oxygen atoms in total. The Morgan fingerprint density at radius 3 is 2.62 bits per heavy atom. The summed E-state index contributed by atoms with van der Waals surface area (Å²) in [7, 11) is 1.70. The Morgan fingerprint density at radius 1 is 1.29 bits per heavy atom. The van der Waals surface area contributed by atoms with Gasteiger partial charge in [-0.25, -0.2) is 0 Å². The lowest BCUT2D eigenvalue weighted by atomic mass is 9.99. The summed E-state index contributed by atoms with van der Waals surface area (Å²) in [4.78, 5) is 0. The molecule has 0 spiro atoms. The molecule has 0 saturated carbocycles. The van der Waals surface area contributed by atoms with Crippen LogP contribution in [0, 0.1) is 6.92 Å². The van der Waals surface area contributed by atoms with Gasteiger partial charge in [-0.05, 0) is 37.6 Å². The standard InChI is InChI=1S/C16H19Cl2NOS/c1-4-19-13(12-9-15(17)21-16(12)18)8-11-7-10(2)5-6-14(11)20-3/h5-7,9,13,19H,4,8H2,1-3H3. The second-order valence-electron chi connectivity index (χ2n) is 4.91. The van der Waals surface area contributed by atoms with Crippen molar-refractivity contribution in [3.8, 4) is 5.75 Å². The highest BCUT2D eigenvalue weighted by molar-refractivity contribution is 7.20. The van der Waals surface area contributed by atoms with Crippen LogP contribution in [0.3, 0.4) is 0 Å². The monoisotopic (exact) mass is 343 g/mol. The van der Waals surface area contributed by atoms with Crippen LogP contribution >= 0.6 is 34.5 Å². The molecule has 1 aromatic heterocycles. The first-order chi connectivity index (χ1) is 10.0. The lowest BCUT2D eigenvalue weighted by molar-refractivity contribution is 0.405. The maximum Gasteiger partial charge on any atom is 0.122 e. The van der Waals surface area contributed by atoms with Crippen LogP contribution in [0.4, 0.5) is 0 Å². The van der Waals surface area contributed by atoms with Crippen LogP contribution in [0.15, 0.2) is 24.3 Å². The number of hydrogen-bond acceptors (Lipinski definition) is 3. The Labute approximate surface area is 140 Å². The highest BCUT2D eigenvalue weighted by atomic mass is 35.5. The number of thiophene rings is 1. The minimum absolute atomic E-state index is 0.127. The number of aryl methyl sites for hydroxylation is 1. The maximum atomic E-state index is 6.31. The lowest BCUT2D eigenvalue weighted by Crippen LogP contribution is -2.23. The van der Waals surface area contributed by atoms with E-state index in [1.54, 1.807) is 7.11 Å². The van der Waals surface area contributed by atoms with Crippen LogP contribution in [-0.4, -0.2) is 13.7 Å². The molecular weight excluding hydrogens is 325 g/mol. The third-order valence-corrected chi connectivity index (χ3v) is 4.89. The summed E-state index contributed by atoms with van der Waals surface area (Å²) in [5.74, 6) is 0.904. The van der Waals surface area contributed by atoms with Crippen molar-refractivity contribution in [2.45, 2.75) is 26.3 Å². The van der Waals surface area contributed by atoms with E-state index in [1.807, 2.05) is 12.1 Å². The predicted octanol–water partition coefficient (Wildman–Crippen LogP) is 5.27. The fraction of sp³-hybridized carbons (Fsp3) is 0.375. The second-order valence-corrected chi connectivity index (χ2v) is 7.19. The zero-order valence-corrected chi connectivity index (χ0v) is 14.7. The number of rotatable bonds is 6. The maximum absolute atomic E-state index is 6.31. The Hall–Kier alpha value is -0.740. The van der Waals surface area contributed by atoms with Gasteiger partial charge in [-0.1, -0.05) is 47.8 Å². The van der Waals surface area contributed by atoms with Crippen LogP contribution in [-0.2, 0) is 6.42 Å². The Balaban J connectivity index is 2.32. The number of likely N-dealkylation sites (N-methyl/N-ethyl adjacent to an activating group) is 1. The summed E-state index contributed by atoms with van der Waals surface area (Å²) >= 11 is 13.8. The lowest BCUT2D eigenvalue weighted by Gasteiger charge is -2.19. The van der Waals surface area contributed by atoms with E-state index in [0.29, 0.717) is 4.34 Å². The average Bonchev–Trinajstić information content (AvgIpc) is 2.77. The molecule has 0 aliphatic heterocycles. The number of halogens is 2. The highest BCUT2D eigenvalue weighted by Crippen LogP contribution is 2.37. The molecule has 0 bridgehead atoms. The Bertz CT molecular complexity index is 612. The van der Waals surface area contributed by atoms with Crippen molar-refractivity contribution in [1.82, 2.24) is 5.32 Å². The number of benzene rings is 1. The summed E-state index contributed by atoms with van der Waals surface area (Å²) < 4.78 is 6.93. The smallest absolute Gasteiger partial charge is 0.122 e. The van der Waals surface area contributed by atoms with E-state index in [0.717, 1.165) is 28.6 Å². The Kier molecular flexibility index (Phi) is 5.94. The van der Waals surface area contributed by atoms with E-state index >= 15 is 0 Å². The van der Waals surface area contributed by atoms with Gasteiger partial charge in [0.2, 0.25) is 0 Å². The van der Waals surface area contributed by atoms with E-state index in [4.69, 9.17) is 27.9 Å². The summed E-state index contributed by atoms with van der Waals surface area (Å²) in [6.07, 6.45) is 0.811. The summed E-state index contributed by atoms with van der Waals surface area (Å²) in [6.45, 7) is 5.03. The van der Waals surface area contributed by atoms with Gasteiger partial charge >= 0.3 is 0 Å². The first-order valence-electron chi connectivity index (χ1n) is 6.86. The number of hydrogen-bond donors (Lipinski definition) is 1. The first kappa shape index (κ1) is 16.6. The molecule has 5 heteroatoms. The molecule has 1 N–H and O–H groups in total. The normalized spacial score (nSPS) is 12.4.